The van der Waals surface area contributed by atoms with Crippen LogP contribution in [-0.4, -0.2) is 36.8 Å². The van der Waals surface area contributed by atoms with E-state index in [1.54, 1.807) is 0 Å². The van der Waals surface area contributed by atoms with Crippen LogP contribution in [0, 0.1) is 5.41 Å². The summed E-state index contributed by atoms with van der Waals surface area (Å²) in [6, 6.07) is 2.69. The van der Waals surface area contributed by atoms with E-state index in [4.69, 9.17) is 4.18 Å². The van der Waals surface area contributed by atoms with Crippen LogP contribution in [0.2, 0.25) is 0 Å². The van der Waals surface area contributed by atoms with E-state index in [1.165, 1.54) is 18.3 Å². The summed E-state index contributed by atoms with van der Waals surface area (Å²) >= 11 is -2.11. The standard InChI is InChI=1S/C15H20F2N2O4S/c1-13(2,3)15(9-23-24(22)19(15)12(20)21)7-10-5-6-11(18-8-10)14(4,16)17/h5-6,8H,7,9H2,1-4H3,(H,20,21)/t15-,24?/m1/s1. The zero-order valence-corrected chi connectivity index (χ0v) is 14.7. The molecule has 0 aromatic carbocycles. The molecule has 134 valence electrons. The van der Waals surface area contributed by atoms with E-state index in [2.05, 4.69) is 4.98 Å². The Morgan fingerprint density at radius 2 is 2.04 bits per heavy atom. The van der Waals surface area contributed by atoms with Crippen molar-refractivity contribution in [1.82, 2.24) is 9.29 Å². The van der Waals surface area contributed by atoms with Gasteiger partial charge < -0.3 is 5.11 Å². The maximum Gasteiger partial charge on any atom is 0.421 e. The van der Waals surface area contributed by atoms with Crippen molar-refractivity contribution in [1.29, 1.82) is 0 Å². The molecule has 2 heterocycles. The zero-order valence-electron chi connectivity index (χ0n) is 13.9. The molecule has 0 spiro atoms. The third-order valence-electron chi connectivity index (χ3n) is 4.28. The summed E-state index contributed by atoms with van der Waals surface area (Å²) in [4.78, 5) is 15.3. The minimum atomic E-state index is -3.05. The highest BCUT2D eigenvalue weighted by atomic mass is 32.2. The fourth-order valence-electron chi connectivity index (χ4n) is 2.68. The molecule has 1 aromatic rings. The van der Waals surface area contributed by atoms with Gasteiger partial charge in [0.15, 0.2) is 0 Å². The molecular formula is C15H20F2N2O4S. The molecule has 0 radical (unpaired) electrons. The monoisotopic (exact) mass is 362 g/mol. The molecule has 1 aromatic heterocycles. The van der Waals surface area contributed by atoms with Gasteiger partial charge in [-0.1, -0.05) is 26.8 Å². The predicted octanol–water partition coefficient (Wildman–Crippen LogP) is 3.11. The van der Waals surface area contributed by atoms with E-state index in [-0.39, 0.29) is 18.7 Å². The lowest BCUT2D eigenvalue weighted by atomic mass is 9.70. The van der Waals surface area contributed by atoms with E-state index in [0.29, 0.717) is 5.56 Å². The van der Waals surface area contributed by atoms with E-state index >= 15 is 0 Å². The van der Waals surface area contributed by atoms with Gasteiger partial charge in [0.1, 0.15) is 5.69 Å². The van der Waals surface area contributed by atoms with Crippen molar-refractivity contribution in [2.24, 2.45) is 5.41 Å². The van der Waals surface area contributed by atoms with Crippen molar-refractivity contribution in [3.8, 4) is 0 Å². The summed E-state index contributed by atoms with van der Waals surface area (Å²) in [5, 5.41) is 9.45. The smallest absolute Gasteiger partial charge is 0.421 e. The van der Waals surface area contributed by atoms with Crippen LogP contribution in [0.4, 0.5) is 13.6 Å². The quantitative estimate of drug-likeness (QED) is 0.894. The number of hydrogen-bond donors (Lipinski definition) is 1. The Hall–Kier alpha value is -1.61. The molecule has 1 unspecified atom stereocenters. The molecule has 1 saturated heterocycles. The number of nitrogens with zero attached hydrogens (tertiary/aromatic N) is 2. The van der Waals surface area contributed by atoms with Crippen LogP contribution in [0.25, 0.3) is 0 Å². The molecule has 1 fully saturated rings. The summed E-state index contributed by atoms with van der Waals surface area (Å²) in [7, 11) is 0. The Morgan fingerprint density at radius 3 is 2.46 bits per heavy atom. The average molecular weight is 362 g/mol. The van der Waals surface area contributed by atoms with Gasteiger partial charge in [-0.05, 0) is 17.0 Å². The van der Waals surface area contributed by atoms with E-state index in [1.807, 2.05) is 20.8 Å². The first-order valence-corrected chi connectivity index (χ1v) is 8.33. The summed E-state index contributed by atoms with van der Waals surface area (Å²) in [5.41, 5.74) is -1.50. The Balaban J connectivity index is 2.41. The first-order chi connectivity index (χ1) is 10.9. The van der Waals surface area contributed by atoms with Crippen molar-refractivity contribution < 1.29 is 27.1 Å². The maximum atomic E-state index is 13.3. The van der Waals surface area contributed by atoms with Gasteiger partial charge in [0, 0.05) is 19.5 Å². The fourth-order valence-corrected chi connectivity index (χ4v) is 3.89. The van der Waals surface area contributed by atoms with E-state index in [9.17, 15) is 22.9 Å². The van der Waals surface area contributed by atoms with Crippen molar-refractivity contribution >= 4 is 17.4 Å². The van der Waals surface area contributed by atoms with E-state index in [0.717, 1.165) is 11.2 Å². The summed E-state index contributed by atoms with van der Waals surface area (Å²) < 4.78 is 44.4. The summed E-state index contributed by atoms with van der Waals surface area (Å²) in [6.07, 6.45) is 0.0870. The highest BCUT2D eigenvalue weighted by Gasteiger charge is 2.57. The topological polar surface area (TPSA) is 79.7 Å². The van der Waals surface area contributed by atoms with Gasteiger partial charge in [0.05, 0.1) is 12.1 Å². The third-order valence-corrected chi connectivity index (χ3v) is 5.40. The van der Waals surface area contributed by atoms with Crippen LogP contribution >= 0.6 is 0 Å². The number of pyridine rings is 1. The Bertz CT molecular complexity index is 655. The second-order valence-corrected chi connectivity index (χ2v) is 7.99. The molecule has 2 atom stereocenters. The fraction of sp³-hybridized carbons (Fsp3) is 0.600. The van der Waals surface area contributed by atoms with Gasteiger partial charge in [-0.3, -0.25) is 9.17 Å². The lowest BCUT2D eigenvalue weighted by Crippen LogP contribution is -2.58. The summed E-state index contributed by atoms with van der Waals surface area (Å²) in [5.74, 6) is -3.05. The van der Waals surface area contributed by atoms with Crippen molar-refractivity contribution in [2.75, 3.05) is 6.61 Å². The first-order valence-electron chi connectivity index (χ1n) is 7.30. The average Bonchev–Trinajstić information content (AvgIpc) is 2.76. The third kappa shape index (κ3) is 3.27. The second-order valence-electron chi connectivity index (χ2n) is 6.95. The van der Waals surface area contributed by atoms with Crippen LogP contribution in [-0.2, 0) is 27.8 Å². The van der Waals surface area contributed by atoms with Crippen LogP contribution < -0.4 is 0 Å². The number of aromatic nitrogens is 1. The normalized spacial score (nSPS) is 25.1. The van der Waals surface area contributed by atoms with Crippen molar-refractivity contribution in [3.05, 3.63) is 29.6 Å². The highest BCUT2D eigenvalue weighted by molar-refractivity contribution is 7.78. The molecular weight excluding hydrogens is 342 g/mol. The van der Waals surface area contributed by atoms with Crippen LogP contribution in [0.1, 0.15) is 39.0 Å². The van der Waals surface area contributed by atoms with Gasteiger partial charge in [-0.25, -0.2) is 9.00 Å². The SMILES string of the molecule is CC(F)(F)c1ccc(C[C@]2(C(C)(C)C)COS(=O)N2C(=O)O)cn1. The van der Waals surface area contributed by atoms with Gasteiger partial charge in [-0.2, -0.15) is 13.1 Å². The second kappa shape index (κ2) is 6.03. The molecule has 24 heavy (non-hydrogen) atoms. The van der Waals surface area contributed by atoms with Crippen LogP contribution in [0.3, 0.4) is 0 Å². The number of alkyl halides is 2. The Morgan fingerprint density at radius 1 is 1.42 bits per heavy atom. The number of rotatable bonds is 3. The zero-order chi connectivity index (χ0) is 18.3. The van der Waals surface area contributed by atoms with E-state index < -0.39 is 34.2 Å². The maximum absolute atomic E-state index is 13.3. The number of amides is 1. The molecule has 1 amide bonds. The molecule has 6 nitrogen and oxygen atoms in total. The van der Waals surface area contributed by atoms with Crippen molar-refractivity contribution in [2.45, 2.75) is 45.6 Å². The van der Waals surface area contributed by atoms with Gasteiger partial charge in [0.2, 0.25) is 0 Å². The number of hydrogen-bond acceptors (Lipinski definition) is 4. The molecule has 9 heteroatoms. The lowest BCUT2D eigenvalue weighted by molar-refractivity contribution is 0.0127. The highest BCUT2D eigenvalue weighted by Crippen LogP contribution is 2.44. The number of carboxylic acid groups (broad SMARTS) is 1. The molecule has 1 aliphatic rings. The lowest BCUT2D eigenvalue weighted by Gasteiger charge is -2.43. The van der Waals surface area contributed by atoms with Gasteiger partial charge >= 0.3 is 6.09 Å². The summed E-state index contributed by atoms with van der Waals surface area (Å²) in [6.45, 7) is 6.15. The number of carbonyl (C=O) groups is 1. The van der Waals surface area contributed by atoms with Crippen LogP contribution in [0.15, 0.2) is 18.3 Å². The molecule has 1 aliphatic heterocycles. The van der Waals surface area contributed by atoms with Gasteiger partial charge in [0.25, 0.3) is 17.2 Å². The minimum absolute atomic E-state index is 0.0545. The molecule has 0 bridgehead atoms. The number of halogens is 2. The Kier molecular flexibility index (Phi) is 4.71. The first kappa shape index (κ1) is 18.7. The minimum Gasteiger partial charge on any atom is -0.464 e. The molecule has 0 aliphatic carbocycles. The van der Waals surface area contributed by atoms with Gasteiger partial charge in [-0.15, -0.1) is 0 Å². The van der Waals surface area contributed by atoms with Crippen LogP contribution in [0.5, 0.6) is 0 Å². The predicted molar refractivity (Wildman–Crippen MR) is 83.7 cm³/mol. The largest absolute Gasteiger partial charge is 0.464 e. The van der Waals surface area contributed by atoms with Crippen molar-refractivity contribution in [3.63, 3.8) is 0 Å². The Labute approximate surface area is 141 Å². The molecule has 2 rings (SSSR count). The molecule has 0 saturated carbocycles. The molecule has 1 N–H and O–H groups in total.